The van der Waals surface area contributed by atoms with Gasteiger partial charge in [-0.3, -0.25) is 14.5 Å². The molecule has 0 aliphatic carbocycles. The first kappa shape index (κ1) is 24.6. The summed E-state index contributed by atoms with van der Waals surface area (Å²) < 4.78 is 0. The summed E-state index contributed by atoms with van der Waals surface area (Å²) >= 11 is 1.59. The van der Waals surface area contributed by atoms with Crippen LogP contribution in [0.25, 0.3) is 0 Å². The minimum atomic E-state index is -0.111. The van der Waals surface area contributed by atoms with Crippen molar-refractivity contribution in [3.05, 3.63) is 94.6 Å². The van der Waals surface area contributed by atoms with E-state index in [-0.39, 0.29) is 11.7 Å². The predicted molar refractivity (Wildman–Crippen MR) is 150 cm³/mol. The first-order valence-corrected chi connectivity index (χ1v) is 13.0. The Morgan fingerprint density at radius 1 is 0.973 bits per heavy atom. The summed E-state index contributed by atoms with van der Waals surface area (Å²) in [5.41, 5.74) is 4.64. The van der Waals surface area contributed by atoms with Gasteiger partial charge in [0.15, 0.2) is 5.78 Å². The summed E-state index contributed by atoms with van der Waals surface area (Å²) in [7, 11) is 3.86. The quantitative estimate of drug-likeness (QED) is 0.339. The number of rotatable bonds is 6. The molecule has 1 fully saturated rings. The van der Waals surface area contributed by atoms with Crippen LogP contribution in [-0.2, 0) is 11.3 Å². The van der Waals surface area contributed by atoms with Crippen molar-refractivity contribution in [1.29, 1.82) is 0 Å². The fourth-order valence-corrected chi connectivity index (χ4v) is 5.74. The molecule has 0 aromatic heterocycles. The number of benzene rings is 3. The first-order chi connectivity index (χ1) is 17.9. The van der Waals surface area contributed by atoms with Crippen molar-refractivity contribution in [1.82, 2.24) is 9.80 Å². The molecule has 1 saturated heterocycles. The monoisotopic (exact) mass is 511 g/mol. The molecular formula is C29H29N5O2S. The van der Waals surface area contributed by atoms with E-state index < -0.39 is 0 Å². The molecule has 1 amide bonds. The molecule has 2 aliphatic heterocycles. The molecule has 2 heterocycles. The highest BCUT2D eigenvalue weighted by Gasteiger charge is 2.42. The number of hydrogen-bond donors (Lipinski definition) is 1. The number of guanidine groups is 1. The minimum absolute atomic E-state index is 0.0361. The van der Waals surface area contributed by atoms with Gasteiger partial charge in [0.1, 0.15) is 10.7 Å². The molecule has 188 valence electrons. The van der Waals surface area contributed by atoms with Crippen LogP contribution < -0.4 is 10.2 Å². The number of fused-ring (bicyclic) bond motifs is 1. The summed E-state index contributed by atoms with van der Waals surface area (Å²) in [4.78, 5) is 37.9. The topological polar surface area (TPSA) is 68.2 Å². The van der Waals surface area contributed by atoms with Crippen LogP contribution in [0.5, 0.6) is 0 Å². The van der Waals surface area contributed by atoms with Crippen molar-refractivity contribution >= 4 is 46.5 Å². The predicted octanol–water partition coefficient (Wildman–Crippen LogP) is 5.69. The lowest BCUT2D eigenvalue weighted by atomic mass is 10.1. The van der Waals surface area contributed by atoms with Crippen molar-refractivity contribution < 1.29 is 9.59 Å². The van der Waals surface area contributed by atoms with Gasteiger partial charge in [-0.05, 0) is 49.7 Å². The van der Waals surface area contributed by atoms with E-state index in [2.05, 4.69) is 22.3 Å². The Balaban J connectivity index is 1.65. The van der Waals surface area contributed by atoms with Crippen LogP contribution in [0.1, 0.15) is 29.8 Å². The molecule has 37 heavy (non-hydrogen) atoms. The van der Waals surface area contributed by atoms with Crippen LogP contribution in [0.4, 0.5) is 17.1 Å². The molecule has 3 aromatic carbocycles. The Bertz CT molecular complexity index is 1430. The van der Waals surface area contributed by atoms with Gasteiger partial charge in [-0.1, -0.05) is 54.2 Å². The molecule has 7 nitrogen and oxygen atoms in total. The van der Waals surface area contributed by atoms with Gasteiger partial charge in [0.25, 0.3) is 5.91 Å². The van der Waals surface area contributed by atoms with Gasteiger partial charge in [0.2, 0.25) is 5.96 Å². The van der Waals surface area contributed by atoms with E-state index in [0.29, 0.717) is 36.0 Å². The van der Waals surface area contributed by atoms with Crippen molar-refractivity contribution in [2.24, 2.45) is 4.99 Å². The van der Waals surface area contributed by atoms with Crippen LogP contribution in [0.3, 0.4) is 0 Å². The third kappa shape index (κ3) is 4.60. The smallest absolute Gasteiger partial charge is 0.280 e. The van der Waals surface area contributed by atoms with Gasteiger partial charge in [0.05, 0.1) is 23.6 Å². The van der Waals surface area contributed by atoms with E-state index in [0.717, 1.165) is 26.9 Å². The molecule has 0 unspecified atom stereocenters. The second-order valence-electron chi connectivity index (χ2n) is 8.95. The Morgan fingerprint density at radius 3 is 2.41 bits per heavy atom. The minimum Gasteiger partial charge on any atom is -0.384 e. The molecule has 2 aliphatic rings. The Labute approximate surface area is 221 Å². The lowest BCUT2D eigenvalue weighted by Crippen LogP contribution is -2.32. The molecule has 5 rings (SSSR count). The van der Waals surface area contributed by atoms with Crippen LogP contribution in [-0.4, -0.2) is 48.1 Å². The third-order valence-corrected chi connectivity index (χ3v) is 7.67. The number of carbonyl (C=O) groups excluding carboxylic acids is 2. The first-order valence-electron chi connectivity index (χ1n) is 12.2. The number of likely N-dealkylation sites (N-methyl/N-ethyl adjacent to an activating group) is 1. The highest BCUT2D eigenvalue weighted by Crippen LogP contribution is 2.47. The molecule has 0 saturated carbocycles. The fourth-order valence-electron chi connectivity index (χ4n) is 4.52. The van der Waals surface area contributed by atoms with Crippen LogP contribution in [0.2, 0.25) is 0 Å². The molecule has 1 N–H and O–H groups in total. The summed E-state index contributed by atoms with van der Waals surface area (Å²) in [6.45, 7) is 4.63. The second kappa shape index (κ2) is 10.1. The zero-order valence-corrected chi connectivity index (χ0v) is 22.2. The molecule has 0 bridgehead atoms. The number of Topliss-reactive ketones (excluding diaryl/α,β-unsaturated/α-hetero) is 1. The molecule has 0 radical (unpaired) electrons. The molecule has 0 spiro atoms. The van der Waals surface area contributed by atoms with Gasteiger partial charge in [-0.15, -0.1) is 0 Å². The van der Waals surface area contributed by atoms with E-state index in [1.54, 1.807) is 35.7 Å². The number of carbonyl (C=O) groups is 2. The normalized spacial score (nSPS) is 18.1. The SMILES string of the molecule is CCNc1ccc(C(C)=O)cc1N=C1N(C)C(=C2Sc3ccccc3N2C)C(=O)N1Cc1ccccc1. The Hall–Kier alpha value is -4.04. The molecule has 0 atom stereocenters. The maximum absolute atomic E-state index is 14.0. The number of anilines is 2. The average molecular weight is 512 g/mol. The largest absolute Gasteiger partial charge is 0.384 e. The van der Waals surface area contributed by atoms with Crippen molar-refractivity contribution in [2.75, 3.05) is 30.9 Å². The van der Waals surface area contributed by atoms with Crippen LogP contribution in [0, 0.1) is 0 Å². The van der Waals surface area contributed by atoms with Crippen molar-refractivity contribution in [3.8, 4) is 0 Å². The number of para-hydroxylation sites is 1. The lowest BCUT2D eigenvalue weighted by molar-refractivity contribution is -0.123. The number of thioether (sulfide) groups is 1. The molecular weight excluding hydrogens is 482 g/mol. The number of aliphatic imine (C=N–C) groups is 1. The van der Waals surface area contributed by atoms with E-state index in [1.165, 1.54) is 0 Å². The zero-order chi connectivity index (χ0) is 26.1. The maximum atomic E-state index is 14.0. The van der Waals surface area contributed by atoms with Gasteiger partial charge < -0.3 is 15.1 Å². The standard InChI is InChI=1S/C29H29N5O2S/c1-5-30-22-16-15-21(19(2)35)17-23(22)31-29-33(4)26(27(36)34(29)18-20-11-7-6-8-12-20)28-32(3)24-13-9-10-14-25(24)37-28/h6-17,30H,5,18H2,1-4H3. The summed E-state index contributed by atoms with van der Waals surface area (Å²) in [5, 5.41) is 4.19. The lowest BCUT2D eigenvalue weighted by Gasteiger charge is -2.20. The Morgan fingerprint density at radius 2 is 1.70 bits per heavy atom. The third-order valence-electron chi connectivity index (χ3n) is 6.44. The maximum Gasteiger partial charge on any atom is 0.280 e. The number of hydrogen-bond acceptors (Lipinski definition) is 6. The number of amides is 1. The zero-order valence-electron chi connectivity index (χ0n) is 21.4. The average Bonchev–Trinajstić information content (AvgIpc) is 3.34. The number of ketones is 1. The van der Waals surface area contributed by atoms with Crippen molar-refractivity contribution in [3.63, 3.8) is 0 Å². The van der Waals surface area contributed by atoms with Crippen LogP contribution >= 0.6 is 11.8 Å². The van der Waals surface area contributed by atoms with Gasteiger partial charge in [-0.25, -0.2) is 4.99 Å². The van der Waals surface area contributed by atoms with E-state index in [9.17, 15) is 9.59 Å². The highest BCUT2D eigenvalue weighted by atomic mass is 32.2. The summed E-state index contributed by atoms with van der Waals surface area (Å²) in [6.07, 6.45) is 0. The summed E-state index contributed by atoms with van der Waals surface area (Å²) in [6, 6.07) is 23.5. The number of nitrogens with one attached hydrogen (secondary N) is 1. The fraction of sp³-hybridized carbons (Fsp3) is 0.207. The second-order valence-corrected chi connectivity index (χ2v) is 9.98. The van der Waals surface area contributed by atoms with E-state index >= 15 is 0 Å². The van der Waals surface area contributed by atoms with E-state index in [1.807, 2.05) is 74.4 Å². The Kier molecular flexibility index (Phi) is 6.76. The van der Waals surface area contributed by atoms with Gasteiger partial charge in [0, 0.05) is 31.1 Å². The molecule has 8 heteroatoms. The highest BCUT2D eigenvalue weighted by molar-refractivity contribution is 8.03. The molecule has 3 aromatic rings. The van der Waals surface area contributed by atoms with Crippen molar-refractivity contribution in [2.45, 2.75) is 25.3 Å². The van der Waals surface area contributed by atoms with Crippen LogP contribution in [0.15, 0.2) is 93.4 Å². The number of nitrogens with zero attached hydrogens (tertiary/aromatic N) is 4. The summed E-state index contributed by atoms with van der Waals surface area (Å²) in [5.74, 6) is 0.368. The van der Waals surface area contributed by atoms with E-state index in [4.69, 9.17) is 4.99 Å². The van der Waals surface area contributed by atoms with Gasteiger partial charge >= 0.3 is 0 Å². The van der Waals surface area contributed by atoms with Gasteiger partial charge in [-0.2, -0.15) is 0 Å².